The molecule has 0 radical (unpaired) electrons. The van der Waals surface area contributed by atoms with Crippen LogP contribution in [0.15, 0.2) is 41.0 Å². The van der Waals surface area contributed by atoms with Crippen molar-refractivity contribution >= 4 is 17.5 Å². The van der Waals surface area contributed by atoms with Gasteiger partial charge in [-0.25, -0.2) is 4.39 Å². The van der Waals surface area contributed by atoms with E-state index < -0.39 is 17.8 Å². The Morgan fingerprint density at radius 1 is 1.38 bits per heavy atom. The van der Waals surface area contributed by atoms with Gasteiger partial charge in [0.2, 0.25) is 11.8 Å². The van der Waals surface area contributed by atoms with Gasteiger partial charge in [-0.1, -0.05) is 0 Å². The summed E-state index contributed by atoms with van der Waals surface area (Å²) in [6, 6.07) is 7.27. The fourth-order valence-electron chi connectivity index (χ4n) is 2.24. The highest BCUT2D eigenvalue weighted by Crippen LogP contribution is 2.25. The summed E-state index contributed by atoms with van der Waals surface area (Å²) >= 11 is 0. The molecule has 0 bridgehead atoms. The summed E-state index contributed by atoms with van der Waals surface area (Å²) in [4.78, 5) is 23.0. The summed E-state index contributed by atoms with van der Waals surface area (Å²) in [6.45, 7) is 0. The molecule has 1 aliphatic heterocycles. The number of anilines is 1. The van der Waals surface area contributed by atoms with Crippen molar-refractivity contribution in [2.45, 2.75) is 18.9 Å². The number of furan rings is 1. The lowest BCUT2D eigenvalue weighted by molar-refractivity contribution is -0.122. The molecule has 2 amide bonds. The minimum atomic E-state index is -0.596. The summed E-state index contributed by atoms with van der Waals surface area (Å²) in [6.07, 6.45) is 2.25. The zero-order valence-electron chi connectivity index (χ0n) is 11.1. The predicted molar refractivity (Wildman–Crippen MR) is 73.9 cm³/mol. The van der Waals surface area contributed by atoms with Crippen molar-refractivity contribution in [3.63, 3.8) is 0 Å². The maximum absolute atomic E-state index is 14.0. The number of hydrogen-bond acceptors (Lipinski definition) is 3. The summed E-state index contributed by atoms with van der Waals surface area (Å²) in [7, 11) is 0. The monoisotopic (exact) mass is 288 g/mol. The summed E-state index contributed by atoms with van der Waals surface area (Å²) < 4.78 is 19.2. The molecule has 2 N–H and O–H groups in total. The van der Waals surface area contributed by atoms with Crippen LogP contribution in [0.3, 0.4) is 0 Å². The van der Waals surface area contributed by atoms with Crippen LogP contribution in [0.5, 0.6) is 0 Å². The molecule has 3 rings (SSSR count). The zero-order chi connectivity index (χ0) is 14.8. The first-order valence-corrected chi connectivity index (χ1v) is 6.57. The van der Waals surface area contributed by atoms with Gasteiger partial charge in [-0.05, 0) is 36.8 Å². The van der Waals surface area contributed by atoms with Crippen LogP contribution in [0.25, 0.3) is 11.3 Å². The Labute approximate surface area is 120 Å². The number of carbonyl (C=O) groups is 2. The maximum Gasteiger partial charge on any atom is 0.247 e. The van der Waals surface area contributed by atoms with Crippen molar-refractivity contribution in [2.24, 2.45) is 0 Å². The van der Waals surface area contributed by atoms with E-state index in [1.807, 2.05) is 0 Å². The van der Waals surface area contributed by atoms with E-state index in [1.54, 1.807) is 18.2 Å². The van der Waals surface area contributed by atoms with E-state index in [0.29, 0.717) is 24.2 Å². The summed E-state index contributed by atoms with van der Waals surface area (Å²) in [5.74, 6) is -0.578. The second-order valence-electron chi connectivity index (χ2n) is 4.82. The van der Waals surface area contributed by atoms with E-state index in [9.17, 15) is 14.0 Å². The number of nitrogens with one attached hydrogen (secondary N) is 2. The van der Waals surface area contributed by atoms with Crippen LogP contribution >= 0.6 is 0 Å². The van der Waals surface area contributed by atoms with Crippen molar-refractivity contribution in [1.82, 2.24) is 5.32 Å². The highest BCUT2D eigenvalue weighted by atomic mass is 19.1. The zero-order valence-corrected chi connectivity index (χ0v) is 11.1. The fourth-order valence-corrected chi connectivity index (χ4v) is 2.24. The Bertz CT molecular complexity index is 682. The van der Waals surface area contributed by atoms with Gasteiger partial charge in [0.25, 0.3) is 0 Å². The first kappa shape index (κ1) is 13.4. The van der Waals surface area contributed by atoms with Gasteiger partial charge in [0.05, 0.1) is 12.0 Å². The van der Waals surface area contributed by atoms with Crippen molar-refractivity contribution in [3.8, 4) is 11.3 Å². The molecule has 0 spiro atoms. The fraction of sp³-hybridized carbons (Fsp3) is 0.200. The molecular formula is C15H13FN2O3. The quantitative estimate of drug-likeness (QED) is 0.910. The maximum atomic E-state index is 14.0. The molecule has 5 nitrogen and oxygen atoms in total. The highest BCUT2D eigenvalue weighted by Gasteiger charge is 2.27. The van der Waals surface area contributed by atoms with E-state index in [4.69, 9.17) is 4.42 Å². The van der Waals surface area contributed by atoms with Gasteiger partial charge < -0.3 is 15.1 Å². The largest absolute Gasteiger partial charge is 0.464 e. The minimum absolute atomic E-state index is 0.0801. The molecule has 2 aromatic rings. The number of halogens is 1. The van der Waals surface area contributed by atoms with Crippen molar-refractivity contribution in [3.05, 3.63) is 42.4 Å². The molecule has 0 saturated carbocycles. The third-order valence-corrected chi connectivity index (χ3v) is 3.34. The molecule has 1 saturated heterocycles. The van der Waals surface area contributed by atoms with Crippen molar-refractivity contribution in [1.29, 1.82) is 0 Å². The molecule has 1 aromatic heterocycles. The smallest absolute Gasteiger partial charge is 0.247 e. The van der Waals surface area contributed by atoms with Gasteiger partial charge in [0, 0.05) is 12.0 Å². The summed E-state index contributed by atoms with van der Waals surface area (Å²) in [5.41, 5.74) is 0.668. The average molecular weight is 288 g/mol. The van der Waals surface area contributed by atoms with E-state index in [-0.39, 0.29) is 11.6 Å². The Kier molecular flexibility index (Phi) is 3.43. The van der Waals surface area contributed by atoms with Crippen LogP contribution in [-0.4, -0.2) is 17.9 Å². The number of hydrogen-bond donors (Lipinski definition) is 2. The topological polar surface area (TPSA) is 71.3 Å². The van der Waals surface area contributed by atoms with E-state index >= 15 is 0 Å². The third kappa shape index (κ3) is 2.79. The van der Waals surface area contributed by atoms with Crippen LogP contribution in [0.4, 0.5) is 10.1 Å². The SMILES string of the molecule is O=C1CC[C@@H](C(=O)Nc2ccc(-c3ccco3)cc2F)N1. The molecule has 1 fully saturated rings. The van der Waals surface area contributed by atoms with Gasteiger partial charge in [0.1, 0.15) is 17.6 Å². The standard InChI is InChI=1S/C15H13FN2O3/c16-10-8-9(13-2-1-7-21-13)3-4-11(10)18-15(20)12-5-6-14(19)17-12/h1-4,7-8,12H,5-6H2,(H,17,19)(H,18,20)/t12-/m0/s1. The predicted octanol–water partition coefficient (Wildman–Crippen LogP) is 2.30. The third-order valence-electron chi connectivity index (χ3n) is 3.34. The van der Waals surface area contributed by atoms with Gasteiger partial charge in [-0.15, -0.1) is 0 Å². The van der Waals surface area contributed by atoms with Gasteiger partial charge in [-0.2, -0.15) is 0 Å². The van der Waals surface area contributed by atoms with Crippen LogP contribution < -0.4 is 10.6 Å². The lowest BCUT2D eigenvalue weighted by Gasteiger charge is -2.12. The van der Waals surface area contributed by atoms with Gasteiger partial charge in [-0.3, -0.25) is 9.59 Å². The number of rotatable bonds is 3. The van der Waals surface area contributed by atoms with E-state index in [1.165, 1.54) is 18.4 Å². The van der Waals surface area contributed by atoms with Gasteiger partial charge in [0.15, 0.2) is 0 Å². The van der Waals surface area contributed by atoms with Crippen LogP contribution in [-0.2, 0) is 9.59 Å². The van der Waals surface area contributed by atoms with Crippen LogP contribution in [0.1, 0.15) is 12.8 Å². The highest BCUT2D eigenvalue weighted by molar-refractivity contribution is 5.99. The molecule has 0 unspecified atom stereocenters. The number of amides is 2. The Balaban J connectivity index is 1.74. The molecule has 21 heavy (non-hydrogen) atoms. The van der Waals surface area contributed by atoms with Gasteiger partial charge >= 0.3 is 0 Å². The average Bonchev–Trinajstić information content (AvgIpc) is 3.12. The van der Waals surface area contributed by atoms with Crippen LogP contribution in [0, 0.1) is 5.82 Å². The Morgan fingerprint density at radius 2 is 2.24 bits per heavy atom. The van der Waals surface area contributed by atoms with Crippen LogP contribution in [0.2, 0.25) is 0 Å². The molecule has 108 valence electrons. The molecule has 1 atom stereocenters. The lowest BCUT2D eigenvalue weighted by Crippen LogP contribution is -2.37. The second kappa shape index (κ2) is 5.40. The molecular weight excluding hydrogens is 275 g/mol. The molecule has 0 aliphatic carbocycles. The Hall–Kier alpha value is -2.63. The first-order valence-electron chi connectivity index (χ1n) is 6.57. The molecule has 1 aliphatic rings. The summed E-state index contributed by atoms with van der Waals surface area (Å²) in [5, 5.41) is 5.02. The molecule has 2 heterocycles. The minimum Gasteiger partial charge on any atom is -0.464 e. The second-order valence-corrected chi connectivity index (χ2v) is 4.82. The lowest BCUT2D eigenvalue weighted by atomic mass is 10.1. The number of benzene rings is 1. The normalized spacial score (nSPS) is 17.6. The van der Waals surface area contributed by atoms with Crippen molar-refractivity contribution < 1.29 is 18.4 Å². The molecule has 6 heteroatoms. The number of carbonyl (C=O) groups excluding carboxylic acids is 2. The Morgan fingerprint density at radius 3 is 2.86 bits per heavy atom. The first-order chi connectivity index (χ1) is 10.1. The van der Waals surface area contributed by atoms with Crippen molar-refractivity contribution in [2.75, 3.05) is 5.32 Å². The molecule has 1 aromatic carbocycles. The van der Waals surface area contributed by atoms with E-state index in [0.717, 1.165) is 0 Å². The van der Waals surface area contributed by atoms with E-state index in [2.05, 4.69) is 10.6 Å².